The van der Waals surface area contributed by atoms with E-state index in [9.17, 15) is 0 Å². The molecule has 0 amide bonds. The number of fused-ring (bicyclic) bond motifs is 1. The van der Waals surface area contributed by atoms with Crippen molar-refractivity contribution in [3.05, 3.63) is 54.4 Å². The fraction of sp³-hybridized carbons (Fsp3) is 0.133. The van der Waals surface area contributed by atoms with Crippen molar-refractivity contribution in [1.82, 2.24) is 14.8 Å². The van der Waals surface area contributed by atoms with Crippen LogP contribution in [-0.4, -0.2) is 26.3 Å². The molecule has 2 aromatic heterocycles. The van der Waals surface area contributed by atoms with Crippen molar-refractivity contribution in [3.8, 4) is 0 Å². The summed E-state index contributed by atoms with van der Waals surface area (Å²) in [7, 11) is 0. The Bertz CT molecular complexity index is 767. The van der Waals surface area contributed by atoms with Gasteiger partial charge in [-0.3, -0.25) is 4.68 Å². The molecule has 0 radical (unpaired) electrons. The molecule has 0 atom stereocenters. The van der Waals surface area contributed by atoms with Crippen molar-refractivity contribution in [1.29, 1.82) is 0 Å². The second-order valence-electron chi connectivity index (χ2n) is 4.63. The summed E-state index contributed by atoms with van der Waals surface area (Å²) in [4.78, 5) is 4.96. The Balaban J connectivity index is 1.83. The highest BCUT2D eigenvalue weighted by atomic mass is 32.1. The third-order valence-corrected chi connectivity index (χ3v) is 3.41. The van der Waals surface area contributed by atoms with Crippen LogP contribution in [0.4, 0.5) is 5.82 Å². The zero-order valence-electron chi connectivity index (χ0n) is 11.4. The predicted octanol–water partition coefficient (Wildman–Crippen LogP) is 2.18. The molecule has 2 heterocycles. The van der Waals surface area contributed by atoms with E-state index in [-0.39, 0.29) is 0 Å². The minimum absolute atomic E-state index is 0.378. The smallest absolute Gasteiger partial charge is 0.127 e. The van der Waals surface area contributed by atoms with Crippen LogP contribution in [0.1, 0.15) is 5.56 Å². The molecule has 0 saturated heterocycles. The maximum atomic E-state index is 5.82. The van der Waals surface area contributed by atoms with Gasteiger partial charge in [0.15, 0.2) is 0 Å². The molecule has 0 spiro atoms. The molecule has 0 unspecified atom stereocenters. The van der Waals surface area contributed by atoms with Gasteiger partial charge in [0.25, 0.3) is 0 Å². The van der Waals surface area contributed by atoms with Crippen LogP contribution in [0.3, 0.4) is 0 Å². The highest BCUT2D eigenvalue weighted by Crippen LogP contribution is 2.20. The van der Waals surface area contributed by atoms with E-state index in [1.165, 1.54) is 0 Å². The molecule has 0 fully saturated rings. The number of hydrogen-bond donors (Lipinski definition) is 2. The number of aromatic nitrogens is 3. The van der Waals surface area contributed by atoms with Crippen molar-refractivity contribution >= 4 is 33.9 Å². The van der Waals surface area contributed by atoms with Crippen LogP contribution in [0.5, 0.6) is 0 Å². The van der Waals surface area contributed by atoms with Crippen molar-refractivity contribution in [2.24, 2.45) is 5.73 Å². The van der Waals surface area contributed by atoms with E-state index in [1.54, 1.807) is 6.20 Å². The molecule has 21 heavy (non-hydrogen) atoms. The van der Waals surface area contributed by atoms with Crippen molar-refractivity contribution in [3.63, 3.8) is 0 Å². The molecule has 1 aromatic carbocycles. The topological polar surface area (TPSA) is 68.8 Å². The average molecular weight is 297 g/mol. The molecule has 0 aliphatic carbocycles. The molecule has 0 aliphatic rings. The maximum absolute atomic E-state index is 5.82. The lowest BCUT2D eigenvalue weighted by Gasteiger charge is -2.10. The van der Waals surface area contributed by atoms with Gasteiger partial charge in [-0.2, -0.15) is 5.10 Å². The first-order valence-electron chi connectivity index (χ1n) is 6.65. The minimum Gasteiger partial charge on any atom is -0.389 e. The fourth-order valence-corrected chi connectivity index (χ4v) is 2.37. The monoisotopic (exact) mass is 297 g/mol. The Kier molecular flexibility index (Phi) is 3.79. The number of benzene rings is 1. The first-order valence-corrected chi connectivity index (χ1v) is 7.06. The lowest BCUT2D eigenvalue weighted by Crippen LogP contribution is -2.14. The standard InChI is InChI=1S/C15H15N5S/c16-15(21)12-10-14(17-7-9-20-8-3-6-18-20)19-13-5-2-1-4-11(12)13/h1-6,8,10H,7,9H2,(H2,16,21)(H,17,19). The molecular formula is C15H15N5S. The van der Waals surface area contributed by atoms with E-state index in [0.29, 0.717) is 4.99 Å². The SMILES string of the molecule is NC(=S)c1cc(NCCn2cccn2)nc2ccccc12. The Morgan fingerprint density at radius 3 is 2.90 bits per heavy atom. The van der Waals surface area contributed by atoms with E-state index >= 15 is 0 Å². The average Bonchev–Trinajstić information content (AvgIpc) is 2.99. The Hall–Kier alpha value is -2.47. The van der Waals surface area contributed by atoms with Gasteiger partial charge in [0.1, 0.15) is 10.8 Å². The highest BCUT2D eigenvalue weighted by Gasteiger charge is 2.07. The third kappa shape index (κ3) is 3.00. The van der Waals surface area contributed by atoms with E-state index < -0.39 is 0 Å². The van der Waals surface area contributed by atoms with E-state index in [0.717, 1.165) is 35.4 Å². The number of rotatable bonds is 5. The predicted molar refractivity (Wildman–Crippen MR) is 88.3 cm³/mol. The van der Waals surface area contributed by atoms with Crippen LogP contribution < -0.4 is 11.1 Å². The molecule has 3 N–H and O–H groups in total. The summed E-state index contributed by atoms with van der Waals surface area (Å²) >= 11 is 5.13. The molecule has 5 nitrogen and oxygen atoms in total. The lowest BCUT2D eigenvalue weighted by atomic mass is 10.1. The zero-order valence-corrected chi connectivity index (χ0v) is 12.2. The molecule has 0 saturated carbocycles. The third-order valence-electron chi connectivity index (χ3n) is 3.19. The molecule has 106 valence electrons. The van der Waals surface area contributed by atoms with Crippen LogP contribution in [-0.2, 0) is 6.54 Å². The lowest BCUT2D eigenvalue weighted by molar-refractivity contribution is 0.637. The summed E-state index contributed by atoms with van der Waals surface area (Å²) in [5, 5.41) is 8.42. The quantitative estimate of drug-likeness (QED) is 0.706. The van der Waals surface area contributed by atoms with Crippen molar-refractivity contribution < 1.29 is 0 Å². The van der Waals surface area contributed by atoms with Gasteiger partial charge in [-0.05, 0) is 18.2 Å². The number of nitrogens with two attached hydrogens (primary N) is 1. The molecule has 3 aromatic rings. The normalized spacial score (nSPS) is 10.7. The molecular weight excluding hydrogens is 282 g/mol. The van der Waals surface area contributed by atoms with Crippen LogP contribution >= 0.6 is 12.2 Å². The first kappa shape index (κ1) is 13.5. The van der Waals surface area contributed by atoms with Gasteiger partial charge >= 0.3 is 0 Å². The molecule has 0 bridgehead atoms. The number of thiocarbonyl (C=S) groups is 1. The van der Waals surface area contributed by atoms with Crippen molar-refractivity contribution in [2.75, 3.05) is 11.9 Å². The number of para-hydroxylation sites is 1. The van der Waals surface area contributed by atoms with Crippen LogP contribution in [0.25, 0.3) is 10.9 Å². The molecule has 3 rings (SSSR count). The van der Waals surface area contributed by atoms with Crippen molar-refractivity contribution in [2.45, 2.75) is 6.54 Å². The highest BCUT2D eigenvalue weighted by molar-refractivity contribution is 7.80. The number of pyridine rings is 1. The second-order valence-corrected chi connectivity index (χ2v) is 5.07. The Labute approximate surface area is 127 Å². The Morgan fingerprint density at radius 2 is 2.14 bits per heavy atom. The maximum Gasteiger partial charge on any atom is 0.127 e. The van der Waals surface area contributed by atoms with E-state index in [1.807, 2.05) is 47.3 Å². The Morgan fingerprint density at radius 1 is 1.29 bits per heavy atom. The summed E-state index contributed by atoms with van der Waals surface area (Å²) < 4.78 is 1.86. The molecule has 6 heteroatoms. The van der Waals surface area contributed by atoms with Crippen LogP contribution in [0.15, 0.2) is 48.8 Å². The second kappa shape index (κ2) is 5.88. The fourth-order valence-electron chi connectivity index (χ4n) is 2.20. The number of nitrogens with zero attached hydrogens (tertiary/aromatic N) is 3. The van der Waals surface area contributed by atoms with E-state index in [2.05, 4.69) is 15.4 Å². The number of nitrogens with one attached hydrogen (secondary N) is 1. The van der Waals surface area contributed by atoms with Gasteiger partial charge in [0.2, 0.25) is 0 Å². The van der Waals surface area contributed by atoms with Gasteiger partial charge in [0, 0.05) is 29.9 Å². The summed E-state index contributed by atoms with van der Waals surface area (Å²) in [6.45, 7) is 1.49. The van der Waals surface area contributed by atoms with Crippen LogP contribution in [0, 0.1) is 0 Å². The van der Waals surface area contributed by atoms with Gasteiger partial charge in [-0.25, -0.2) is 4.98 Å². The largest absolute Gasteiger partial charge is 0.389 e. The summed E-state index contributed by atoms with van der Waals surface area (Å²) in [5.41, 5.74) is 7.54. The van der Waals surface area contributed by atoms with E-state index in [4.69, 9.17) is 18.0 Å². The summed E-state index contributed by atoms with van der Waals surface area (Å²) in [5.74, 6) is 0.767. The molecule has 0 aliphatic heterocycles. The first-order chi connectivity index (χ1) is 10.2. The summed E-state index contributed by atoms with van der Waals surface area (Å²) in [6.07, 6.45) is 3.69. The number of hydrogen-bond acceptors (Lipinski definition) is 4. The van der Waals surface area contributed by atoms with Gasteiger partial charge in [-0.1, -0.05) is 30.4 Å². The number of anilines is 1. The zero-order chi connectivity index (χ0) is 14.7. The summed E-state index contributed by atoms with van der Waals surface area (Å²) in [6, 6.07) is 11.6. The van der Waals surface area contributed by atoms with Gasteiger partial charge < -0.3 is 11.1 Å². The van der Waals surface area contributed by atoms with Gasteiger partial charge in [0.05, 0.1) is 12.1 Å². The van der Waals surface area contributed by atoms with Gasteiger partial charge in [-0.15, -0.1) is 0 Å². The van der Waals surface area contributed by atoms with Crippen LogP contribution in [0.2, 0.25) is 0 Å². The minimum atomic E-state index is 0.378.